The molecule has 0 aliphatic heterocycles. The van der Waals surface area contributed by atoms with Crippen LogP contribution in [0.1, 0.15) is 6.92 Å². The van der Waals surface area contributed by atoms with Gasteiger partial charge in [-0.15, -0.1) is 0 Å². The second-order valence-corrected chi connectivity index (χ2v) is 3.39. The number of methoxy groups -OCH3 is 1. The van der Waals surface area contributed by atoms with Crippen molar-refractivity contribution in [1.82, 2.24) is 15.0 Å². The zero-order valence-corrected chi connectivity index (χ0v) is 11.3. The van der Waals surface area contributed by atoms with Crippen molar-refractivity contribution in [1.29, 1.82) is 0 Å². The van der Waals surface area contributed by atoms with Gasteiger partial charge < -0.3 is 9.47 Å². The number of nitrogens with zero attached hydrogens (tertiary/aromatic N) is 3. The summed E-state index contributed by atoms with van der Waals surface area (Å²) < 4.78 is 9.79. The first-order chi connectivity index (χ1) is 8.62. The minimum atomic E-state index is -0.663. The fourth-order valence-corrected chi connectivity index (χ4v) is 1.27. The summed E-state index contributed by atoms with van der Waals surface area (Å²) in [4.78, 5) is 19.1. The third-order valence-electron chi connectivity index (χ3n) is 1.74. The average Bonchev–Trinajstić information content (AvgIpc) is 2.36. The van der Waals surface area contributed by atoms with Gasteiger partial charge in [0.1, 0.15) is 0 Å². The molecule has 1 aromatic heterocycles. The zero-order valence-electron chi connectivity index (χ0n) is 9.71. The minimum absolute atomic E-state index is 0.00600. The number of rotatable bonds is 5. The van der Waals surface area contributed by atoms with E-state index in [9.17, 15) is 4.79 Å². The number of hydrogen-bond donors (Lipinski definition) is 1. The third kappa shape index (κ3) is 3.67. The van der Waals surface area contributed by atoms with Crippen molar-refractivity contribution in [3.8, 4) is 5.75 Å². The molecule has 0 bridgehead atoms. The number of anilines is 1. The lowest BCUT2D eigenvalue weighted by atomic mass is 10.5. The molecule has 0 aliphatic rings. The number of aromatic nitrogens is 2. The molecule has 9 heteroatoms. The molecule has 98 valence electrons. The van der Waals surface area contributed by atoms with Crippen molar-refractivity contribution in [3.63, 3.8) is 0 Å². The van der Waals surface area contributed by atoms with E-state index in [1.807, 2.05) is 0 Å². The summed E-state index contributed by atoms with van der Waals surface area (Å²) in [5.74, 6) is 0.511. The standard InChI is InChI=1S/C9H11ClN4O3S/c1-3-17-9(15)14(5-18)13-7-6(16-2)4-11-8(10)12-7/h4-5H,3H2,1-2H3,(H,11,12,13). The Balaban J connectivity index is 2.90. The largest absolute Gasteiger partial charge is 0.491 e. The molecule has 0 aliphatic carbocycles. The summed E-state index contributed by atoms with van der Waals surface area (Å²) in [6.45, 7) is 1.91. The summed E-state index contributed by atoms with van der Waals surface area (Å²) in [6, 6.07) is 0. The molecule has 1 heterocycles. The Labute approximate surface area is 114 Å². The fraction of sp³-hybridized carbons (Fsp3) is 0.333. The molecule has 1 amide bonds. The molecule has 1 N–H and O–H groups in total. The highest BCUT2D eigenvalue weighted by atomic mass is 35.5. The van der Waals surface area contributed by atoms with E-state index in [4.69, 9.17) is 33.3 Å². The van der Waals surface area contributed by atoms with Crippen LogP contribution in [0.15, 0.2) is 6.20 Å². The topological polar surface area (TPSA) is 76.6 Å². The van der Waals surface area contributed by atoms with E-state index in [0.29, 0.717) is 5.75 Å². The minimum Gasteiger partial charge on any atom is -0.491 e. The van der Waals surface area contributed by atoms with Gasteiger partial charge in [0, 0.05) is 0 Å². The maximum absolute atomic E-state index is 11.5. The lowest BCUT2D eigenvalue weighted by Gasteiger charge is -2.18. The van der Waals surface area contributed by atoms with E-state index >= 15 is 0 Å². The molecule has 0 saturated carbocycles. The summed E-state index contributed by atoms with van der Waals surface area (Å²) in [5.41, 5.74) is 3.69. The molecular formula is C9H11ClN4O3S. The Morgan fingerprint density at radius 3 is 3.00 bits per heavy atom. The van der Waals surface area contributed by atoms with Gasteiger partial charge in [-0.25, -0.2) is 9.78 Å². The number of thiocarbonyl (C=S) groups is 1. The van der Waals surface area contributed by atoms with Crippen LogP contribution in [0.3, 0.4) is 0 Å². The first-order valence-corrected chi connectivity index (χ1v) is 5.71. The van der Waals surface area contributed by atoms with Crippen molar-refractivity contribution in [3.05, 3.63) is 11.5 Å². The lowest BCUT2D eigenvalue weighted by molar-refractivity contribution is 0.134. The molecule has 1 rings (SSSR count). The summed E-state index contributed by atoms with van der Waals surface area (Å²) in [7, 11) is 1.43. The number of halogens is 1. The number of hydrazine groups is 1. The summed E-state index contributed by atoms with van der Waals surface area (Å²) in [6.07, 6.45) is 0.703. The van der Waals surface area contributed by atoms with Gasteiger partial charge >= 0.3 is 6.09 Å². The van der Waals surface area contributed by atoms with E-state index < -0.39 is 6.09 Å². The molecule has 0 saturated heterocycles. The number of carbonyl (C=O) groups is 1. The Kier molecular flexibility index (Phi) is 5.53. The van der Waals surface area contributed by atoms with Crippen LogP contribution < -0.4 is 10.2 Å². The van der Waals surface area contributed by atoms with E-state index in [0.717, 1.165) is 10.5 Å². The first-order valence-electron chi connectivity index (χ1n) is 4.86. The van der Waals surface area contributed by atoms with Crippen LogP contribution in [0.2, 0.25) is 5.28 Å². The number of amides is 1. The highest BCUT2D eigenvalue weighted by Gasteiger charge is 2.15. The van der Waals surface area contributed by atoms with Crippen LogP contribution in [0, 0.1) is 0 Å². The van der Waals surface area contributed by atoms with Gasteiger partial charge in [0.2, 0.25) is 5.28 Å². The summed E-state index contributed by atoms with van der Waals surface area (Å²) in [5, 5.41) is 0.950. The van der Waals surface area contributed by atoms with Crippen LogP contribution in [0.5, 0.6) is 5.75 Å². The molecule has 0 atom stereocenters. The van der Waals surface area contributed by atoms with Crippen molar-refractivity contribution in [2.45, 2.75) is 6.92 Å². The van der Waals surface area contributed by atoms with Crippen molar-refractivity contribution in [2.75, 3.05) is 19.1 Å². The number of carbonyl (C=O) groups excluding carboxylic acids is 1. The van der Waals surface area contributed by atoms with E-state index in [-0.39, 0.29) is 17.7 Å². The predicted octanol–water partition coefficient (Wildman–Crippen LogP) is 1.88. The van der Waals surface area contributed by atoms with Crippen LogP contribution in [-0.4, -0.2) is 40.3 Å². The van der Waals surface area contributed by atoms with E-state index in [1.165, 1.54) is 13.3 Å². The maximum Gasteiger partial charge on any atom is 0.433 e. The second kappa shape index (κ2) is 6.92. The van der Waals surface area contributed by atoms with Crippen molar-refractivity contribution in [2.24, 2.45) is 0 Å². The Morgan fingerprint density at radius 2 is 2.44 bits per heavy atom. The zero-order chi connectivity index (χ0) is 13.5. The van der Waals surface area contributed by atoms with Gasteiger partial charge in [-0.2, -0.15) is 9.99 Å². The molecule has 18 heavy (non-hydrogen) atoms. The van der Waals surface area contributed by atoms with Gasteiger partial charge in [0.15, 0.2) is 11.6 Å². The molecule has 0 aromatic carbocycles. The Hall–Kier alpha value is -1.67. The maximum atomic E-state index is 11.5. The van der Waals surface area contributed by atoms with Crippen LogP contribution in [-0.2, 0) is 4.74 Å². The number of nitrogens with one attached hydrogen (secondary N) is 1. The molecule has 0 fully saturated rings. The van der Waals surface area contributed by atoms with Crippen LogP contribution in [0.4, 0.5) is 10.6 Å². The molecule has 7 nitrogen and oxygen atoms in total. The first kappa shape index (κ1) is 14.4. The Morgan fingerprint density at radius 1 is 1.72 bits per heavy atom. The normalized spacial score (nSPS) is 9.50. The van der Waals surface area contributed by atoms with E-state index in [1.54, 1.807) is 6.92 Å². The second-order valence-electron chi connectivity index (χ2n) is 2.84. The molecule has 0 unspecified atom stereocenters. The van der Waals surface area contributed by atoms with Gasteiger partial charge in [0.25, 0.3) is 0 Å². The lowest BCUT2D eigenvalue weighted by Crippen LogP contribution is -2.35. The monoisotopic (exact) mass is 290 g/mol. The van der Waals surface area contributed by atoms with Gasteiger partial charge in [0.05, 0.1) is 25.4 Å². The number of hydrogen-bond acceptors (Lipinski definition) is 7. The van der Waals surface area contributed by atoms with Crippen LogP contribution in [0.25, 0.3) is 0 Å². The average molecular weight is 291 g/mol. The SMILES string of the molecule is CCOC(=O)N(C=S)Nc1nc(Cl)ncc1OC. The fourth-order valence-electron chi connectivity index (χ4n) is 1.00. The van der Waals surface area contributed by atoms with Gasteiger partial charge in [-0.05, 0) is 18.5 Å². The van der Waals surface area contributed by atoms with Gasteiger partial charge in [-0.3, -0.25) is 5.43 Å². The molecular weight excluding hydrogens is 280 g/mol. The van der Waals surface area contributed by atoms with Crippen molar-refractivity contribution >= 4 is 41.2 Å². The molecule has 1 aromatic rings. The van der Waals surface area contributed by atoms with Gasteiger partial charge in [-0.1, -0.05) is 12.2 Å². The van der Waals surface area contributed by atoms with Crippen LogP contribution >= 0.6 is 23.8 Å². The highest BCUT2D eigenvalue weighted by Crippen LogP contribution is 2.22. The smallest absolute Gasteiger partial charge is 0.433 e. The Bertz CT molecular complexity index is 446. The van der Waals surface area contributed by atoms with E-state index in [2.05, 4.69) is 15.4 Å². The summed E-state index contributed by atoms with van der Waals surface area (Å²) >= 11 is 10.3. The predicted molar refractivity (Wildman–Crippen MR) is 69.7 cm³/mol. The molecule has 0 spiro atoms. The number of ether oxygens (including phenoxy) is 2. The van der Waals surface area contributed by atoms with Crippen molar-refractivity contribution < 1.29 is 14.3 Å². The molecule has 0 radical (unpaired) electrons. The highest BCUT2D eigenvalue weighted by molar-refractivity contribution is 7.78. The quantitative estimate of drug-likeness (QED) is 0.504. The third-order valence-corrected chi connectivity index (χ3v) is 2.13.